The number of morpholine rings is 1. The zero-order chi connectivity index (χ0) is 17.3. The van der Waals surface area contributed by atoms with Gasteiger partial charge in [-0.25, -0.2) is 15.0 Å². The van der Waals surface area contributed by atoms with E-state index in [9.17, 15) is 4.79 Å². The molecule has 1 atom stereocenters. The van der Waals surface area contributed by atoms with Crippen LogP contribution >= 0.6 is 0 Å². The molecule has 0 saturated carbocycles. The lowest BCUT2D eigenvalue weighted by atomic mass is 10.2. The van der Waals surface area contributed by atoms with E-state index in [0.717, 1.165) is 11.5 Å². The average Bonchev–Trinajstić information content (AvgIpc) is 2.99. The van der Waals surface area contributed by atoms with Crippen LogP contribution in [0.15, 0.2) is 18.5 Å². The minimum Gasteiger partial charge on any atom is -0.377 e. The first-order valence-corrected chi connectivity index (χ1v) is 7.86. The second-order valence-electron chi connectivity index (χ2n) is 6.07. The monoisotopic (exact) mass is 330 g/mol. The highest BCUT2D eigenvalue weighted by Gasteiger charge is 2.33. The van der Waals surface area contributed by atoms with Crippen molar-refractivity contribution in [3.63, 3.8) is 0 Å². The minimum absolute atomic E-state index is 0.132. The molecule has 24 heavy (non-hydrogen) atoms. The molecular weight excluding hydrogens is 308 g/mol. The first-order chi connectivity index (χ1) is 11.5. The fraction of sp³-hybridized carbons (Fsp3) is 0.500. The average molecular weight is 330 g/mol. The van der Waals surface area contributed by atoms with Gasteiger partial charge in [0, 0.05) is 51.8 Å². The molecule has 1 aliphatic rings. The maximum atomic E-state index is 12.9. The molecule has 0 N–H and O–H groups in total. The van der Waals surface area contributed by atoms with Crippen LogP contribution in [0.3, 0.4) is 0 Å². The molecule has 2 aromatic heterocycles. The molecule has 0 radical (unpaired) electrons. The lowest BCUT2D eigenvalue weighted by Crippen LogP contribution is -2.45. The summed E-state index contributed by atoms with van der Waals surface area (Å²) in [4.78, 5) is 29.9. The maximum absolute atomic E-state index is 12.9. The molecule has 0 spiro atoms. The SMILES string of the molecule is Cc1cc(N(C)C)nc([C@@H]2COCCN2C(=O)c2nccn2C)n1. The fourth-order valence-corrected chi connectivity index (χ4v) is 2.71. The zero-order valence-corrected chi connectivity index (χ0v) is 14.4. The molecule has 2 aromatic rings. The Morgan fingerprint density at radius 2 is 2.17 bits per heavy atom. The van der Waals surface area contributed by atoms with Crippen LogP contribution in [-0.4, -0.2) is 64.2 Å². The van der Waals surface area contributed by atoms with Crippen molar-refractivity contribution in [2.75, 3.05) is 38.8 Å². The van der Waals surface area contributed by atoms with Crippen LogP contribution in [0, 0.1) is 6.92 Å². The predicted molar refractivity (Wildman–Crippen MR) is 88.9 cm³/mol. The van der Waals surface area contributed by atoms with Crippen LogP contribution in [0.2, 0.25) is 0 Å². The van der Waals surface area contributed by atoms with Crippen molar-refractivity contribution >= 4 is 11.7 Å². The topological polar surface area (TPSA) is 76.4 Å². The van der Waals surface area contributed by atoms with Gasteiger partial charge in [-0.15, -0.1) is 0 Å². The van der Waals surface area contributed by atoms with Gasteiger partial charge >= 0.3 is 0 Å². The molecule has 0 aliphatic carbocycles. The smallest absolute Gasteiger partial charge is 0.290 e. The van der Waals surface area contributed by atoms with Gasteiger partial charge < -0.3 is 19.1 Å². The van der Waals surface area contributed by atoms with E-state index in [2.05, 4.69) is 15.0 Å². The van der Waals surface area contributed by atoms with E-state index in [4.69, 9.17) is 4.74 Å². The molecule has 8 heteroatoms. The van der Waals surface area contributed by atoms with E-state index in [1.807, 2.05) is 39.0 Å². The molecule has 0 bridgehead atoms. The molecule has 0 aromatic carbocycles. The number of aromatic nitrogens is 4. The summed E-state index contributed by atoms with van der Waals surface area (Å²) in [6.45, 7) is 3.29. The minimum atomic E-state index is -0.318. The fourth-order valence-electron chi connectivity index (χ4n) is 2.71. The van der Waals surface area contributed by atoms with Gasteiger partial charge in [-0.2, -0.15) is 0 Å². The van der Waals surface area contributed by atoms with Crippen LogP contribution in [0.25, 0.3) is 0 Å². The van der Waals surface area contributed by atoms with Gasteiger partial charge in [0.1, 0.15) is 11.9 Å². The third-order valence-electron chi connectivity index (χ3n) is 4.02. The Morgan fingerprint density at radius 1 is 1.38 bits per heavy atom. The first kappa shape index (κ1) is 16.4. The number of hydrogen-bond acceptors (Lipinski definition) is 6. The summed E-state index contributed by atoms with van der Waals surface area (Å²) in [5.74, 6) is 1.68. The summed E-state index contributed by atoms with van der Waals surface area (Å²) >= 11 is 0. The van der Waals surface area contributed by atoms with Gasteiger partial charge in [0.15, 0.2) is 11.6 Å². The van der Waals surface area contributed by atoms with Crippen LogP contribution in [0.1, 0.15) is 28.2 Å². The van der Waals surface area contributed by atoms with Gasteiger partial charge in [-0.05, 0) is 6.92 Å². The number of amides is 1. The quantitative estimate of drug-likeness (QED) is 0.828. The van der Waals surface area contributed by atoms with Gasteiger partial charge in [0.25, 0.3) is 5.91 Å². The number of ether oxygens (including phenoxy) is 1. The second kappa shape index (κ2) is 6.56. The van der Waals surface area contributed by atoms with Crippen LogP contribution in [0.5, 0.6) is 0 Å². The Labute approximate surface area is 141 Å². The number of hydrogen-bond donors (Lipinski definition) is 0. The van der Waals surface area contributed by atoms with E-state index in [-0.39, 0.29) is 11.9 Å². The van der Waals surface area contributed by atoms with Gasteiger partial charge in [-0.3, -0.25) is 4.79 Å². The Morgan fingerprint density at radius 3 is 2.83 bits per heavy atom. The molecule has 1 amide bonds. The summed E-state index contributed by atoms with van der Waals surface area (Å²) in [5, 5.41) is 0. The molecule has 1 saturated heterocycles. The Balaban J connectivity index is 1.96. The summed E-state index contributed by atoms with van der Waals surface area (Å²) in [6, 6.07) is 1.60. The molecular formula is C16H22N6O2. The van der Waals surface area contributed by atoms with E-state index < -0.39 is 0 Å². The second-order valence-corrected chi connectivity index (χ2v) is 6.07. The zero-order valence-electron chi connectivity index (χ0n) is 14.4. The third kappa shape index (κ3) is 3.09. The molecule has 128 valence electrons. The molecule has 3 heterocycles. The number of imidazole rings is 1. The number of carbonyl (C=O) groups excluding carboxylic acids is 1. The van der Waals surface area contributed by atoms with Crippen LogP contribution in [0.4, 0.5) is 5.82 Å². The summed E-state index contributed by atoms with van der Waals surface area (Å²) in [7, 11) is 5.67. The molecule has 3 rings (SSSR count). The van der Waals surface area contributed by atoms with Crippen LogP contribution in [-0.2, 0) is 11.8 Å². The summed E-state index contributed by atoms with van der Waals surface area (Å²) < 4.78 is 7.31. The predicted octanol–water partition coefficient (Wildman–Crippen LogP) is 0.798. The highest BCUT2D eigenvalue weighted by molar-refractivity contribution is 5.91. The number of anilines is 1. The Bertz CT molecular complexity index is 742. The highest BCUT2D eigenvalue weighted by Crippen LogP contribution is 2.25. The van der Waals surface area contributed by atoms with Gasteiger partial charge in [0.05, 0.1) is 13.2 Å². The van der Waals surface area contributed by atoms with Gasteiger partial charge in [0.2, 0.25) is 0 Å². The van der Waals surface area contributed by atoms with E-state index in [1.165, 1.54) is 0 Å². The van der Waals surface area contributed by atoms with Crippen molar-refractivity contribution in [2.24, 2.45) is 7.05 Å². The summed E-state index contributed by atoms with van der Waals surface area (Å²) in [5.41, 5.74) is 0.860. The van der Waals surface area contributed by atoms with Crippen molar-refractivity contribution in [1.82, 2.24) is 24.4 Å². The van der Waals surface area contributed by atoms with Crippen LogP contribution < -0.4 is 4.90 Å². The first-order valence-electron chi connectivity index (χ1n) is 7.86. The number of nitrogens with zero attached hydrogens (tertiary/aromatic N) is 6. The molecule has 0 unspecified atom stereocenters. The number of aryl methyl sites for hydroxylation is 2. The maximum Gasteiger partial charge on any atom is 0.290 e. The van der Waals surface area contributed by atoms with E-state index >= 15 is 0 Å². The van der Waals surface area contributed by atoms with E-state index in [0.29, 0.717) is 31.4 Å². The third-order valence-corrected chi connectivity index (χ3v) is 4.02. The number of rotatable bonds is 3. The Kier molecular flexibility index (Phi) is 4.48. The molecule has 8 nitrogen and oxygen atoms in total. The molecule has 1 fully saturated rings. The van der Waals surface area contributed by atoms with Crippen molar-refractivity contribution in [3.05, 3.63) is 35.8 Å². The van der Waals surface area contributed by atoms with Crippen molar-refractivity contribution < 1.29 is 9.53 Å². The van der Waals surface area contributed by atoms with E-state index in [1.54, 1.807) is 21.9 Å². The standard InChI is InChI=1S/C16H22N6O2/c1-11-9-13(20(2)3)19-14(18-11)12-10-24-8-7-22(12)16(23)15-17-5-6-21(15)4/h5-6,9,12H,7-8,10H2,1-4H3/t12-/m0/s1. The summed E-state index contributed by atoms with van der Waals surface area (Å²) in [6.07, 6.45) is 3.38. The Hall–Kier alpha value is -2.48. The normalized spacial score (nSPS) is 17.8. The number of carbonyl (C=O) groups is 1. The lowest BCUT2D eigenvalue weighted by Gasteiger charge is -2.34. The van der Waals surface area contributed by atoms with Crippen molar-refractivity contribution in [1.29, 1.82) is 0 Å². The molecule has 1 aliphatic heterocycles. The largest absolute Gasteiger partial charge is 0.377 e. The lowest BCUT2D eigenvalue weighted by molar-refractivity contribution is -0.00605. The van der Waals surface area contributed by atoms with Crippen molar-refractivity contribution in [2.45, 2.75) is 13.0 Å². The van der Waals surface area contributed by atoms with Crippen molar-refractivity contribution in [3.8, 4) is 0 Å². The highest BCUT2D eigenvalue weighted by atomic mass is 16.5. The van der Waals surface area contributed by atoms with Gasteiger partial charge in [-0.1, -0.05) is 0 Å².